The summed E-state index contributed by atoms with van der Waals surface area (Å²) in [6, 6.07) is 0.731. The minimum atomic E-state index is 0.731. The van der Waals surface area contributed by atoms with E-state index in [1.165, 1.54) is 19.4 Å². The van der Waals surface area contributed by atoms with Gasteiger partial charge in [-0.2, -0.15) is 0 Å². The summed E-state index contributed by atoms with van der Waals surface area (Å²) in [5.41, 5.74) is 0. The van der Waals surface area contributed by atoms with E-state index >= 15 is 0 Å². The van der Waals surface area contributed by atoms with Gasteiger partial charge in [-0.05, 0) is 19.4 Å². The van der Waals surface area contributed by atoms with E-state index in [9.17, 15) is 0 Å². The Kier molecular flexibility index (Phi) is 1.05. The molecule has 0 aromatic carbocycles. The van der Waals surface area contributed by atoms with Gasteiger partial charge in [0.25, 0.3) is 0 Å². The van der Waals surface area contributed by atoms with Crippen LogP contribution in [-0.4, -0.2) is 31.6 Å². The first-order valence-electron chi connectivity index (χ1n) is 3.17. The molecule has 0 unspecified atom stereocenters. The maximum absolute atomic E-state index is 5.11. The Labute approximate surface area is 50.1 Å². The fraction of sp³-hybridized carbons (Fsp3) is 1.00. The lowest BCUT2D eigenvalue weighted by Crippen LogP contribution is -2.25. The van der Waals surface area contributed by atoms with Crippen LogP contribution in [0.5, 0.6) is 0 Å². The van der Waals surface area contributed by atoms with Crippen molar-refractivity contribution in [1.29, 1.82) is 0 Å². The van der Waals surface area contributed by atoms with Crippen molar-refractivity contribution in [3.63, 3.8) is 0 Å². The van der Waals surface area contributed by atoms with Gasteiger partial charge in [0.05, 0.1) is 0 Å². The van der Waals surface area contributed by atoms with Gasteiger partial charge in [-0.1, -0.05) is 0 Å². The summed E-state index contributed by atoms with van der Waals surface area (Å²) < 4.78 is 5.11. The third-order valence-electron chi connectivity index (χ3n) is 1.92. The second-order valence-corrected chi connectivity index (χ2v) is 2.47. The standard InChI is InChI=1S/C5H9BNO/c1-2-5-4-8-6-7(5)3-1/h5H,1-4H2/t5-/m0/s1. The van der Waals surface area contributed by atoms with E-state index < -0.39 is 0 Å². The molecule has 1 atom stereocenters. The fourth-order valence-electron chi connectivity index (χ4n) is 1.43. The topological polar surface area (TPSA) is 12.5 Å². The third kappa shape index (κ3) is 0.582. The largest absolute Gasteiger partial charge is 0.422 e. The van der Waals surface area contributed by atoms with Crippen LogP contribution in [0.4, 0.5) is 0 Å². The second kappa shape index (κ2) is 1.74. The van der Waals surface area contributed by atoms with Crippen molar-refractivity contribution in [3.8, 4) is 0 Å². The maximum atomic E-state index is 5.11. The van der Waals surface area contributed by atoms with Crippen molar-refractivity contribution < 1.29 is 4.65 Å². The molecule has 0 bridgehead atoms. The third-order valence-corrected chi connectivity index (χ3v) is 1.92. The molecular formula is C5H9BNO. The summed E-state index contributed by atoms with van der Waals surface area (Å²) in [6.45, 7) is 2.14. The highest BCUT2D eigenvalue weighted by Crippen LogP contribution is 2.19. The molecule has 0 saturated carbocycles. The molecule has 8 heavy (non-hydrogen) atoms. The minimum absolute atomic E-state index is 0.731. The molecule has 0 N–H and O–H groups in total. The van der Waals surface area contributed by atoms with Crippen LogP contribution in [0.3, 0.4) is 0 Å². The molecule has 0 amide bonds. The molecule has 2 saturated heterocycles. The van der Waals surface area contributed by atoms with E-state index in [0.717, 1.165) is 12.6 Å². The lowest BCUT2D eigenvalue weighted by atomic mass is 10.2. The zero-order chi connectivity index (χ0) is 5.40. The van der Waals surface area contributed by atoms with Crippen LogP contribution in [0.2, 0.25) is 0 Å². The minimum Gasteiger partial charge on any atom is -0.422 e. The molecule has 0 aliphatic carbocycles. The van der Waals surface area contributed by atoms with Gasteiger partial charge in [-0.25, -0.2) is 0 Å². The van der Waals surface area contributed by atoms with Gasteiger partial charge in [-0.15, -0.1) is 0 Å². The Morgan fingerprint density at radius 3 is 3.50 bits per heavy atom. The van der Waals surface area contributed by atoms with E-state index in [1.807, 2.05) is 7.62 Å². The van der Waals surface area contributed by atoms with E-state index in [4.69, 9.17) is 4.65 Å². The highest BCUT2D eigenvalue weighted by Gasteiger charge is 2.30. The first-order chi connectivity index (χ1) is 3.97. The molecule has 2 nitrogen and oxygen atoms in total. The summed E-state index contributed by atoms with van der Waals surface area (Å²) >= 11 is 0. The lowest BCUT2D eigenvalue weighted by Gasteiger charge is -2.08. The zero-order valence-electron chi connectivity index (χ0n) is 4.84. The molecule has 1 radical (unpaired) electrons. The molecule has 2 fully saturated rings. The van der Waals surface area contributed by atoms with Crippen LogP contribution in [0, 0.1) is 0 Å². The first kappa shape index (κ1) is 4.83. The van der Waals surface area contributed by atoms with Crippen molar-refractivity contribution in [2.75, 3.05) is 13.2 Å². The average molecular weight is 110 g/mol. The Morgan fingerprint density at radius 1 is 1.62 bits per heavy atom. The number of nitrogens with zero attached hydrogens (tertiary/aromatic N) is 1. The molecule has 2 rings (SSSR count). The van der Waals surface area contributed by atoms with Crippen LogP contribution in [-0.2, 0) is 4.65 Å². The molecule has 43 valence electrons. The molecule has 2 heterocycles. The number of rotatable bonds is 0. The van der Waals surface area contributed by atoms with Crippen LogP contribution in [0.15, 0.2) is 0 Å². The molecule has 3 heteroatoms. The van der Waals surface area contributed by atoms with Crippen LogP contribution in [0.1, 0.15) is 12.8 Å². The SMILES string of the molecule is [B]1OC[C@@H]2CCCN12. The van der Waals surface area contributed by atoms with E-state index in [2.05, 4.69) is 4.81 Å². The van der Waals surface area contributed by atoms with Gasteiger partial charge in [0, 0.05) is 12.6 Å². The Hall–Kier alpha value is -0.0151. The van der Waals surface area contributed by atoms with Crippen LogP contribution < -0.4 is 0 Å². The van der Waals surface area contributed by atoms with Gasteiger partial charge in [0.1, 0.15) is 0 Å². The summed E-state index contributed by atoms with van der Waals surface area (Å²) in [5, 5.41) is 0. The van der Waals surface area contributed by atoms with Crippen molar-refractivity contribution >= 4 is 7.62 Å². The van der Waals surface area contributed by atoms with Crippen LogP contribution in [0.25, 0.3) is 0 Å². The number of hydrogen-bond acceptors (Lipinski definition) is 2. The van der Waals surface area contributed by atoms with Crippen molar-refractivity contribution in [2.45, 2.75) is 18.9 Å². The second-order valence-electron chi connectivity index (χ2n) is 2.47. The monoisotopic (exact) mass is 110 g/mol. The Bertz CT molecular complexity index is 78.4. The summed E-state index contributed by atoms with van der Waals surface area (Å²) in [6.07, 6.45) is 2.68. The number of fused-ring (bicyclic) bond motifs is 1. The van der Waals surface area contributed by atoms with Crippen molar-refractivity contribution in [3.05, 3.63) is 0 Å². The van der Waals surface area contributed by atoms with Crippen LogP contribution >= 0.6 is 0 Å². The van der Waals surface area contributed by atoms with E-state index in [1.54, 1.807) is 0 Å². The molecule has 0 spiro atoms. The predicted molar refractivity (Wildman–Crippen MR) is 31.4 cm³/mol. The van der Waals surface area contributed by atoms with E-state index in [0.29, 0.717) is 0 Å². The predicted octanol–water partition coefficient (Wildman–Crippen LogP) is 0.0152. The van der Waals surface area contributed by atoms with Gasteiger partial charge in [0.15, 0.2) is 0 Å². The summed E-state index contributed by atoms with van der Waals surface area (Å²) in [4.78, 5) is 2.29. The molecule has 2 aliphatic heterocycles. The maximum Gasteiger partial charge on any atom is 0.399 e. The van der Waals surface area contributed by atoms with Gasteiger partial charge < -0.3 is 9.47 Å². The average Bonchev–Trinajstić information content (AvgIpc) is 2.15. The molecule has 0 aromatic rings. The van der Waals surface area contributed by atoms with Gasteiger partial charge >= 0.3 is 7.62 Å². The number of hydrogen-bond donors (Lipinski definition) is 0. The highest BCUT2D eigenvalue weighted by molar-refractivity contribution is 6.24. The Morgan fingerprint density at radius 2 is 2.62 bits per heavy atom. The van der Waals surface area contributed by atoms with Crippen molar-refractivity contribution in [2.24, 2.45) is 0 Å². The first-order valence-corrected chi connectivity index (χ1v) is 3.17. The highest BCUT2D eigenvalue weighted by atomic mass is 16.4. The zero-order valence-corrected chi connectivity index (χ0v) is 4.84. The summed E-state index contributed by atoms with van der Waals surface area (Å²) in [7, 11) is 1.87. The summed E-state index contributed by atoms with van der Waals surface area (Å²) in [5.74, 6) is 0. The molecule has 2 aliphatic rings. The fourth-order valence-corrected chi connectivity index (χ4v) is 1.43. The lowest BCUT2D eigenvalue weighted by molar-refractivity contribution is 0.337. The van der Waals surface area contributed by atoms with Gasteiger partial charge in [-0.3, -0.25) is 0 Å². The van der Waals surface area contributed by atoms with Gasteiger partial charge in [0.2, 0.25) is 0 Å². The molecular weight excluding hydrogens is 101 g/mol. The quantitative estimate of drug-likeness (QED) is 0.407. The Balaban J connectivity index is 2.04. The smallest absolute Gasteiger partial charge is 0.399 e. The molecule has 0 aromatic heterocycles. The normalized spacial score (nSPS) is 37.2. The van der Waals surface area contributed by atoms with E-state index in [-0.39, 0.29) is 0 Å². The van der Waals surface area contributed by atoms with Crippen molar-refractivity contribution in [1.82, 2.24) is 4.81 Å².